The number of nitrogens with one attached hydrogen (secondary N) is 1. The number of rotatable bonds is 7. The molecule has 3 aromatic rings. The van der Waals surface area contributed by atoms with Crippen molar-refractivity contribution in [3.05, 3.63) is 59.7 Å². The van der Waals surface area contributed by atoms with Crippen LogP contribution in [0.5, 0.6) is 11.5 Å². The Morgan fingerprint density at radius 1 is 1.08 bits per heavy atom. The Morgan fingerprint density at radius 3 is 2.42 bits per heavy atom. The lowest BCUT2D eigenvalue weighted by atomic mass is 10.2. The summed E-state index contributed by atoms with van der Waals surface area (Å²) in [5, 5.41) is 11.4. The molecule has 2 aromatic carbocycles. The van der Waals surface area contributed by atoms with E-state index in [0.717, 1.165) is 21.4 Å². The van der Waals surface area contributed by atoms with Gasteiger partial charge in [0, 0.05) is 17.4 Å². The number of carbonyl (C=O) groups is 1. The van der Waals surface area contributed by atoms with Crippen LogP contribution in [-0.4, -0.2) is 30.3 Å². The Balaban J connectivity index is 1.61. The molecule has 0 aliphatic carbocycles. The van der Waals surface area contributed by atoms with E-state index in [0.29, 0.717) is 16.4 Å². The maximum atomic E-state index is 12.1. The number of aromatic nitrogens is 2. The molecule has 0 spiro atoms. The maximum absolute atomic E-state index is 12.1. The van der Waals surface area contributed by atoms with Gasteiger partial charge in [0.2, 0.25) is 5.13 Å². The van der Waals surface area contributed by atoms with E-state index in [2.05, 4.69) is 15.5 Å². The van der Waals surface area contributed by atoms with Crippen LogP contribution in [0.3, 0.4) is 0 Å². The van der Waals surface area contributed by atoms with Gasteiger partial charge in [-0.3, -0.25) is 10.1 Å². The first-order valence-electron chi connectivity index (χ1n) is 7.72. The molecule has 26 heavy (non-hydrogen) atoms. The summed E-state index contributed by atoms with van der Waals surface area (Å²) in [6.07, 6.45) is 0. The standard InChI is InChI=1S/C18H17N3O3S2/c1-23-14-8-12(9-15(10-14)24-2)11-25-18-21-20-17(26-18)19-16(22)13-6-4-3-5-7-13/h3-10H,11H2,1-2H3,(H,19,20,22). The summed E-state index contributed by atoms with van der Waals surface area (Å²) in [5.74, 6) is 1.98. The van der Waals surface area contributed by atoms with Crippen LogP contribution in [0, 0.1) is 0 Å². The predicted octanol–water partition coefficient (Wildman–Crippen LogP) is 4.10. The van der Waals surface area contributed by atoms with Crippen molar-refractivity contribution in [2.75, 3.05) is 19.5 Å². The quantitative estimate of drug-likeness (QED) is 0.486. The van der Waals surface area contributed by atoms with Crippen LogP contribution in [0.4, 0.5) is 5.13 Å². The topological polar surface area (TPSA) is 73.3 Å². The SMILES string of the molecule is COc1cc(CSc2nnc(NC(=O)c3ccccc3)s2)cc(OC)c1. The van der Waals surface area contributed by atoms with Gasteiger partial charge in [-0.05, 0) is 29.8 Å². The fourth-order valence-electron chi connectivity index (χ4n) is 2.17. The maximum Gasteiger partial charge on any atom is 0.257 e. The normalized spacial score (nSPS) is 10.4. The molecule has 8 heteroatoms. The highest BCUT2D eigenvalue weighted by Crippen LogP contribution is 2.31. The number of hydrogen-bond donors (Lipinski definition) is 1. The minimum atomic E-state index is -0.198. The summed E-state index contributed by atoms with van der Waals surface area (Å²) in [5.41, 5.74) is 1.64. The molecular weight excluding hydrogens is 370 g/mol. The van der Waals surface area contributed by atoms with Crippen molar-refractivity contribution in [2.45, 2.75) is 10.1 Å². The van der Waals surface area contributed by atoms with Crippen molar-refractivity contribution in [3.63, 3.8) is 0 Å². The number of carbonyl (C=O) groups excluding carboxylic acids is 1. The number of ether oxygens (including phenoxy) is 2. The van der Waals surface area contributed by atoms with Gasteiger partial charge in [0.15, 0.2) is 4.34 Å². The van der Waals surface area contributed by atoms with Gasteiger partial charge in [-0.25, -0.2) is 0 Å². The lowest BCUT2D eigenvalue weighted by Crippen LogP contribution is -2.11. The van der Waals surface area contributed by atoms with Gasteiger partial charge in [0.1, 0.15) is 11.5 Å². The first-order chi connectivity index (χ1) is 12.7. The second kappa shape index (κ2) is 8.68. The third-order valence-electron chi connectivity index (χ3n) is 3.44. The zero-order valence-corrected chi connectivity index (χ0v) is 15.9. The number of benzene rings is 2. The Hall–Kier alpha value is -2.58. The largest absolute Gasteiger partial charge is 0.497 e. The summed E-state index contributed by atoms with van der Waals surface area (Å²) >= 11 is 2.88. The first kappa shape index (κ1) is 18.2. The number of nitrogens with zero attached hydrogens (tertiary/aromatic N) is 2. The van der Waals surface area contributed by atoms with E-state index < -0.39 is 0 Å². The smallest absolute Gasteiger partial charge is 0.257 e. The van der Waals surface area contributed by atoms with Crippen molar-refractivity contribution < 1.29 is 14.3 Å². The number of thioether (sulfide) groups is 1. The number of anilines is 1. The second-order valence-electron chi connectivity index (χ2n) is 5.20. The molecule has 0 bridgehead atoms. The summed E-state index contributed by atoms with van der Waals surface area (Å²) in [6, 6.07) is 14.7. The number of amides is 1. The van der Waals surface area contributed by atoms with E-state index in [-0.39, 0.29) is 5.91 Å². The fraction of sp³-hybridized carbons (Fsp3) is 0.167. The zero-order valence-electron chi connectivity index (χ0n) is 14.3. The third kappa shape index (κ3) is 4.74. The van der Waals surface area contributed by atoms with Crippen LogP contribution >= 0.6 is 23.1 Å². The van der Waals surface area contributed by atoms with Crippen LogP contribution in [0.2, 0.25) is 0 Å². The highest BCUT2D eigenvalue weighted by Gasteiger charge is 2.11. The van der Waals surface area contributed by atoms with Gasteiger partial charge in [0.25, 0.3) is 5.91 Å². The molecule has 0 radical (unpaired) electrons. The number of methoxy groups -OCH3 is 2. The Kier molecular flexibility index (Phi) is 6.08. The van der Waals surface area contributed by atoms with Gasteiger partial charge in [0.05, 0.1) is 14.2 Å². The highest BCUT2D eigenvalue weighted by atomic mass is 32.2. The van der Waals surface area contributed by atoms with Crippen LogP contribution in [0.15, 0.2) is 52.9 Å². The van der Waals surface area contributed by atoms with E-state index >= 15 is 0 Å². The van der Waals surface area contributed by atoms with E-state index in [1.54, 1.807) is 26.4 Å². The van der Waals surface area contributed by atoms with E-state index in [1.165, 1.54) is 23.1 Å². The van der Waals surface area contributed by atoms with Gasteiger partial charge < -0.3 is 9.47 Å². The van der Waals surface area contributed by atoms with Gasteiger partial charge in [-0.2, -0.15) is 0 Å². The molecule has 6 nitrogen and oxygen atoms in total. The molecule has 0 aliphatic heterocycles. The van der Waals surface area contributed by atoms with E-state index in [4.69, 9.17) is 9.47 Å². The van der Waals surface area contributed by atoms with Gasteiger partial charge in [-0.1, -0.05) is 41.3 Å². The summed E-state index contributed by atoms with van der Waals surface area (Å²) in [4.78, 5) is 12.1. The van der Waals surface area contributed by atoms with Crippen molar-refractivity contribution >= 4 is 34.1 Å². The highest BCUT2D eigenvalue weighted by molar-refractivity contribution is 8.00. The molecule has 0 atom stereocenters. The van der Waals surface area contributed by atoms with E-state index in [1.807, 2.05) is 36.4 Å². The molecule has 0 saturated carbocycles. The Labute approximate surface area is 159 Å². The molecule has 0 aliphatic rings. The van der Waals surface area contributed by atoms with Crippen molar-refractivity contribution in [1.29, 1.82) is 0 Å². The summed E-state index contributed by atoms with van der Waals surface area (Å²) in [6.45, 7) is 0. The zero-order chi connectivity index (χ0) is 18.4. The molecule has 1 aromatic heterocycles. The van der Waals surface area contributed by atoms with Gasteiger partial charge >= 0.3 is 0 Å². The van der Waals surface area contributed by atoms with Gasteiger partial charge in [-0.15, -0.1) is 10.2 Å². The minimum Gasteiger partial charge on any atom is -0.497 e. The average molecular weight is 387 g/mol. The molecule has 1 N–H and O–H groups in total. The molecule has 134 valence electrons. The third-order valence-corrected chi connectivity index (χ3v) is 5.48. The van der Waals surface area contributed by atoms with Crippen LogP contribution in [0.1, 0.15) is 15.9 Å². The van der Waals surface area contributed by atoms with Crippen LogP contribution in [0.25, 0.3) is 0 Å². The summed E-state index contributed by atoms with van der Waals surface area (Å²) in [7, 11) is 3.25. The second-order valence-corrected chi connectivity index (χ2v) is 7.40. The fourth-order valence-corrected chi connectivity index (χ4v) is 3.85. The monoisotopic (exact) mass is 387 g/mol. The minimum absolute atomic E-state index is 0.198. The van der Waals surface area contributed by atoms with Crippen molar-refractivity contribution in [2.24, 2.45) is 0 Å². The van der Waals surface area contributed by atoms with Crippen LogP contribution < -0.4 is 14.8 Å². The number of hydrogen-bond acceptors (Lipinski definition) is 7. The molecule has 0 fully saturated rings. The molecular formula is C18H17N3O3S2. The van der Waals surface area contributed by atoms with E-state index in [9.17, 15) is 4.79 Å². The van der Waals surface area contributed by atoms with Crippen molar-refractivity contribution in [3.8, 4) is 11.5 Å². The molecule has 3 rings (SSSR count). The Bertz CT molecular complexity index is 862. The first-order valence-corrected chi connectivity index (χ1v) is 9.53. The van der Waals surface area contributed by atoms with Crippen LogP contribution in [-0.2, 0) is 5.75 Å². The lowest BCUT2D eigenvalue weighted by Gasteiger charge is -2.07. The summed E-state index contributed by atoms with van der Waals surface area (Å²) < 4.78 is 11.3. The molecule has 0 unspecified atom stereocenters. The Morgan fingerprint density at radius 2 is 1.77 bits per heavy atom. The molecule has 0 saturated heterocycles. The predicted molar refractivity (Wildman–Crippen MR) is 103 cm³/mol. The molecule has 1 heterocycles. The van der Waals surface area contributed by atoms with Crippen molar-refractivity contribution in [1.82, 2.24) is 10.2 Å². The lowest BCUT2D eigenvalue weighted by molar-refractivity contribution is 0.102. The molecule has 1 amide bonds. The average Bonchev–Trinajstić information content (AvgIpc) is 3.14.